The lowest BCUT2D eigenvalue weighted by Crippen LogP contribution is -2.36. The zero-order valence-electron chi connectivity index (χ0n) is 8.16. The van der Waals surface area contributed by atoms with Gasteiger partial charge in [0.25, 0.3) is 0 Å². The molecular weight excluding hydrogens is 194 g/mol. The molecule has 0 bridgehead atoms. The molecule has 2 heterocycles. The summed E-state index contributed by atoms with van der Waals surface area (Å²) in [6, 6.07) is 7.71. The topological polar surface area (TPSA) is 47.6 Å². The Kier molecular flexibility index (Phi) is 1.65. The molecule has 2 aliphatic rings. The van der Waals surface area contributed by atoms with Gasteiger partial charge in [-0.1, -0.05) is 18.2 Å². The Morgan fingerprint density at radius 1 is 1.33 bits per heavy atom. The summed E-state index contributed by atoms with van der Waals surface area (Å²) in [7, 11) is 0. The minimum Gasteiger partial charge on any atom is -0.493 e. The summed E-state index contributed by atoms with van der Waals surface area (Å²) in [6.45, 7) is 1.12. The van der Waals surface area contributed by atoms with Crippen molar-refractivity contribution in [3.63, 3.8) is 0 Å². The van der Waals surface area contributed by atoms with Crippen LogP contribution in [0.4, 0.5) is 4.79 Å². The van der Waals surface area contributed by atoms with E-state index in [-0.39, 0.29) is 6.09 Å². The molecule has 1 saturated heterocycles. The number of nitrogens with one attached hydrogen (secondary N) is 1. The van der Waals surface area contributed by atoms with Gasteiger partial charge < -0.3 is 14.8 Å². The number of hydrogen-bond acceptors (Lipinski definition) is 3. The summed E-state index contributed by atoms with van der Waals surface area (Å²) in [4.78, 5) is 11.2. The maximum absolute atomic E-state index is 11.2. The van der Waals surface area contributed by atoms with Crippen molar-refractivity contribution >= 4 is 6.09 Å². The SMILES string of the molecule is O=C1NCC2(CCOc3ccccc32)O1. The van der Waals surface area contributed by atoms with Gasteiger partial charge in [-0.05, 0) is 6.07 Å². The Labute approximate surface area is 87.2 Å². The van der Waals surface area contributed by atoms with E-state index in [1.807, 2.05) is 24.3 Å². The van der Waals surface area contributed by atoms with E-state index < -0.39 is 5.60 Å². The van der Waals surface area contributed by atoms with Crippen molar-refractivity contribution in [2.75, 3.05) is 13.2 Å². The molecule has 3 rings (SSSR count). The van der Waals surface area contributed by atoms with Crippen LogP contribution in [0.25, 0.3) is 0 Å². The van der Waals surface area contributed by atoms with E-state index in [0.717, 1.165) is 11.3 Å². The van der Waals surface area contributed by atoms with Gasteiger partial charge in [0, 0.05) is 12.0 Å². The molecule has 1 unspecified atom stereocenters. The molecule has 0 saturated carbocycles. The van der Waals surface area contributed by atoms with Crippen molar-refractivity contribution in [1.29, 1.82) is 0 Å². The lowest BCUT2D eigenvalue weighted by molar-refractivity contribution is 0.0192. The lowest BCUT2D eigenvalue weighted by Gasteiger charge is -2.32. The third-order valence-electron chi connectivity index (χ3n) is 2.95. The number of amides is 1. The number of fused-ring (bicyclic) bond motifs is 2. The molecule has 4 nitrogen and oxygen atoms in total. The summed E-state index contributed by atoms with van der Waals surface area (Å²) < 4.78 is 10.9. The Hall–Kier alpha value is -1.71. The predicted molar refractivity (Wildman–Crippen MR) is 52.7 cm³/mol. The third kappa shape index (κ3) is 1.17. The molecule has 0 aliphatic carbocycles. The summed E-state index contributed by atoms with van der Waals surface area (Å²) in [6.07, 6.45) is 0.370. The first-order chi connectivity index (χ1) is 7.30. The first-order valence-electron chi connectivity index (χ1n) is 4.99. The zero-order valence-corrected chi connectivity index (χ0v) is 8.16. The molecule has 1 N–H and O–H groups in total. The Bertz CT molecular complexity index is 418. The molecule has 2 aliphatic heterocycles. The van der Waals surface area contributed by atoms with E-state index in [0.29, 0.717) is 19.6 Å². The Morgan fingerprint density at radius 3 is 3.00 bits per heavy atom. The molecule has 1 aromatic carbocycles. The van der Waals surface area contributed by atoms with Gasteiger partial charge in [0.15, 0.2) is 5.60 Å². The van der Waals surface area contributed by atoms with E-state index in [2.05, 4.69) is 5.32 Å². The highest BCUT2D eigenvalue weighted by molar-refractivity contribution is 5.71. The molecule has 4 heteroatoms. The van der Waals surface area contributed by atoms with E-state index in [1.54, 1.807) is 0 Å². The molecule has 0 radical (unpaired) electrons. The van der Waals surface area contributed by atoms with Crippen molar-refractivity contribution in [3.05, 3.63) is 29.8 Å². The maximum atomic E-state index is 11.2. The highest BCUT2D eigenvalue weighted by Crippen LogP contribution is 2.41. The van der Waals surface area contributed by atoms with Crippen LogP contribution in [0.15, 0.2) is 24.3 Å². The third-order valence-corrected chi connectivity index (χ3v) is 2.95. The average molecular weight is 205 g/mol. The standard InChI is InChI=1S/C11H11NO3/c13-10-12-7-11(15-10)5-6-14-9-4-2-1-3-8(9)11/h1-4H,5-7H2,(H,12,13). The number of carbonyl (C=O) groups is 1. The highest BCUT2D eigenvalue weighted by Gasteiger charge is 2.45. The van der Waals surface area contributed by atoms with Crippen LogP contribution in [0.5, 0.6) is 5.75 Å². The monoisotopic (exact) mass is 205 g/mol. The first-order valence-corrected chi connectivity index (χ1v) is 4.99. The maximum Gasteiger partial charge on any atom is 0.408 e. The second-order valence-electron chi connectivity index (χ2n) is 3.83. The largest absolute Gasteiger partial charge is 0.493 e. The number of carbonyl (C=O) groups excluding carboxylic acids is 1. The van der Waals surface area contributed by atoms with Gasteiger partial charge in [-0.25, -0.2) is 4.79 Å². The van der Waals surface area contributed by atoms with Gasteiger partial charge in [0.1, 0.15) is 5.75 Å². The van der Waals surface area contributed by atoms with Crippen molar-refractivity contribution in [2.24, 2.45) is 0 Å². The summed E-state index contributed by atoms with van der Waals surface area (Å²) >= 11 is 0. The number of rotatable bonds is 0. The highest BCUT2D eigenvalue weighted by atomic mass is 16.6. The molecule has 1 fully saturated rings. The quantitative estimate of drug-likeness (QED) is 0.696. The Morgan fingerprint density at radius 2 is 2.20 bits per heavy atom. The molecule has 1 amide bonds. The number of alkyl carbamates (subject to hydrolysis) is 1. The lowest BCUT2D eigenvalue weighted by atomic mass is 9.88. The van der Waals surface area contributed by atoms with Gasteiger partial charge in [-0.3, -0.25) is 0 Å². The van der Waals surface area contributed by atoms with Crippen LogP contribution in [-0.2, 0) is 10.3 Å². The van der Waals surface area contributed by atoms with Crippen molar-refractivity contribution in [2.45, 2.75) is 12.0 Å². The molecular formula is C11H11NO3. The number of ether oxygens (including phenoxy) is 2. The number of para-hydroxylation sites is 1. The normalized spacial score (nSPS) is 27.9. The van der Waals surface area contributed by atoms with Crippen LogP contribution < -0.4 is 10.1 Å². The van der Waals surface area contributed by atoms with E-state index >= 15 is 0 Å². The van der Waals surface area contributed by atoms with Gasteiger partial charge in [-0.15, -0.1) is 0 Å². The predicted octanol–water partition coefficient (Wildman–Crippen LogP) is 1.40. The van der Waals surface area contributed by atoms with Crippen molar-refractivity contribution < 1.29 is 14.3 Å². The molecule has 1 aromatic rings. The number of hydrogen-bond donors (Lipinski definition) is 1. The summed E-state index contributed by atoms with van der Waals surface area (Å²) in [5.74, 6) is 0.820. The molecule has 15 heavy (non-hydrogen) atoms. The van der Waals surface area contributed by atoms with E-state index in [4.69, 9.17) is 9.47 Å². The fourth-order valence-corrected chi connectivity index (χ4v) is 2.18. The molecule has 0 aromatic heterocycles. The average Bonchev–Trinajstić information content (AvgIpc) is 2.62. The first kappa shape index (κ1) is 8.59. The van der Waals surface area contributed by atoms with E-state index in [1.165, 1.54) is 0 Å². The summed E-state index contributed by atoms with van der Waals surface area (Å²) in [5.41, 5.74) is 0.459. The fourth-order valence-electron chi connectivity index (χ4n) is 2.18. The minimum atomic E-state index is -0.508. The fraction of sp³-hybridized carbons (Fsp3) is 0.364. The van der Waals surface area contributed by atoms with Crippen LogP contribution >= 0.6 is 0 Å². The second-order valence-corrected chi connectivity index (χ2v) is 3.83. The van der Waals surface area contributed by atoms with Gasteiger partial charge >= 0.3 is 6.09 Å². The zero-order chi connectivity index (χ0) is 10.3. The Balaban J connectivity index is 2.09. The van der Waals surface area contributed by atoms with Gasteiger partial charge in [0.05, 0.1) is 13.2 Å². The van der Waals surface area contributed by atoms with Crippen LogP contribution in [0.3, 0.4) is 0 Å². The molecule has 78 valence electrons. The van der Waals surface area contributed by atoms with Crippen molar-refractivity contribution in [1.82, 2.24) is 5.32 Å². The molecule has 1 atom stereocenters. The van der Waals surface area contributed by atoms with Gasteiger partial charge in [0.2, 0.25) is 0 Å². The smallest absolute Gasteiger partial charge is 0.408 e. The second kappa shape index (κ2) is 2.89. The van der Waals surface area contributed by atoms with Crippen LogP contribution in [0.1, 0.15) is 12.0 Å². The van der Waals surface area contributed by atoms with E-state index in [9.17, 15) is 4.79 Å². The molecule has 1 spiro atoms. The van der Waals surface area contributed by atoms with Crippen LogP contribution in [0.2, 0.25) is 0 Å². The minimum absolute atomic E-state index is 0.341. The number of benzene rings is 1. The summed E-state index contributed by atoms with van der Waals surface area (Å²) in [5, 5.41) is 2.70. The van der Waals surface area contributed by atoms with Gasteiger partial charge in [-0.2, -0.15) is 0 Å². The van der Waals surface area contributed by atoms with Crippen LogP contribution in [0, 0.1) is 0 Å². The van der Waals surface area contributed by atoms with Crippen LogP contribution in [-0.4, -0.2) is 19.2 Å². The van der Waals surface area contributed by atoms with Crippen molar-refractivity contribution in [3.8, 4) is 5.75 Å².